The molecular formula is C11H13ClN2O5. The van der Waals surface area contributed by atoms with Gasteiger partial charge in [-0.05, 0) is 6.07 Å². The number of amides is 1. The lowest BCUT2D eigenvalue weighted by molar-refractivity contribution is -0.384. The lowest BCUT2D eigenvalue weighted by Gasteiger charge is -2.09. The van der Waals surface area contributed by atoms with Crippen LogP contribution in [-0.2, 0) is 4.74 Å². The molecule has 0 saturated carbocycles. The molecule has 1 amide bonds. The van der Waals surface area contributed by atoms with E-state index in [2.05, 4.69) is 0 Å². The van der Waals surface area contributed by atoms with E-state index < -0.39 is 16.5 Å². The highest BCUT2D eigenvalue weighted by Crippen LogP contribution is 2.35. The molecule has 104 valence electrons. The van der Waals surface area contributed by atoms with Gasteiger partial charge < -0.3 is 15.2 Å². The Morgan fingerprint density at radius 3 is 2.68 bits per heavy atom. The minimum Gasteiger partial charge on any atom is -0.492 e. The van der Waals surface area contributed by atoms with Crippen molar-refractivity contribution >= 4 is 23.2 Å². The normalized spacial score (nSPS) is 10.2. The molecule has 0 heterocycles. The van der Waals surface area contributed by atoms with E-state index in [-0.39, 0.29) is 22.9 Å². The minimum atomic E-state index is -0.790. The zero-order valence-electron chi connectivity index (χ0n) is 10.2. The number of primary amides is 1. The molecule has 7 nitrogen and oxygen atoms in total. The molecule has 1 rings (SSSR count). The average Bonchev–Trinajstić information content (AvgIpc) is 2.35. The van der Waals surface area contributed by atoms with Crippen molar-refractivity contribution in [1.82, 2.24) is 0 Å². The molecule has 0 spiro atoms. The molecule has 0 radical (unpaired) electrons. The first kappa shape index (κ1) is 15.2. The van der Waals surface area contributed by atoms with E-state index in [1.807, 2.05) is 0 Å². The number of ether oxygens (including phenoxy) is 2. The topological polar surface area (TPSA) is 105 Å². The molecule has 2 N–H and O–H groups in total. The molecule has 8 heteroatoms. The van der Waals surface area contributed by atoms with Crippen molar-refractivity contribution in [2.45, 2.75) is 6.42 Å². The highest BCUT2D eigenvalue weighted by molar-refractivity contribution is 6.34. The molecule has 0 aromatic heterocycles. The molecule has 0 saturated heterocycles. The van der Waals surface area contributed by atoms with Gasteiger partial charge in [0.15, 0.2) is 5.02 Å². The van der Waals surface area contributed by atoms with Gasteiger partial charge in [-0.15, -0.1) is 0 Å². The molecule has 1 aromatic carbocycles. The number of methoxy groups -OCH3 is 1. The Morgan fingerprint density at radius 2 is 2.16 bits per heavy atom. The van der Waals surface area contributed by atoms with Crippen molar-refractivity contribution in [3.8, 4) is 5.75 Å². The number of carbonyl (C=O) groups excluding carboxylic acids is 1. The first-order chi connectivity index (χ1) is 8.97. The van der Waals surface area contributed by atoms with Gasteiger partial charge in [-0.25, -0.2) is 0 Å². The van der Waals surface area contributed by atoms with Crippen molar-refractivity contribution in [2.75, 3.05) is 20.3 Å². The molecule has 0 bridgehead atoms. The number of nitrogens with two attached hydrogens (primary N) is 1. The van der Waals surface area contributed by atoms with Crippen LogP contribution < -0.4 is 10.5 Å². The van der Waals surface area contributed by atoms with Crippen LogP contribution in [-0.4, -0.2) is 31.2 Å². The van der Waals surface area contributed by atoms with Gasteiger partial charge in [0.2, 0.25) is 5.91 Å². The third-order valence-electron chi connectivity index (χ3n) is 2.25. The van der Waals surface area contributed by atoms with Gasteiger partial charge in [-0.3, -0.25) is 14.9 Å². The van der Waals surface area contributed by atoms with Crippen LogP contribution in [0.4, 0.5) is 5.69 Å². The third-order valence-corrected chi connectivity index (χ3v) is 2.63. The zero-order valence-corrected chi connectivity index (χ0v) is 11.0. The van der Waals surface area contributed by atoms with Gasteiger partial charge in [0.25, 0.3) is 5.69 Å². The minimum absolute atomic E-state index is 0.0298. The van der Waals surface area contributed by atoms with Crippen LogP contribution in [0.1, 0.15) is 16.8 Å². The Balaban J connectivity index is 3.01. The van der Waals surface area contributed by atoms with Crippen molar-refractivity contribution in [3.05, 3.63) is 32.8 Å². The maximum atomic E-state index is 11.1. The third kappa shape index (κ3) is 4.08. The predicted molar refractivity (Wildman–Crippen MR) is 68.6 cm³/mol. The summed E-state index contributed by atoms with van der Waals surface area (Å²) in [6.45, 7) is 0.738. The van der Waals surface area contributed by atoms with E-state index in [4.69, 9.17) is 26.8 Å². The van der Waals surface area contributed by atoms with Crippen LogP contribution in [0.2, 0.25) is 5.02 Å². The number of rotatable bonds is 7. The van der Waals surface area contributed by atoms with Crippen molar-refractivity contribution < 1.29 is 19.2 Å². The van der Waals surface area contributed by atoms with E-state index in [0.717, 1.165) is 6.07 Å². The molecule has 1 aromatic rings. The molecule has 0 atom stereocenters. The van der Waals surface area contributed by atoms with Crippen LogP contribution in [0.15, 0.2) is 12.1 Å². The number of hydrogen-bond acceptors (Lipinski definition) is 5. The van der Waals surface area contributed by atoms with E-state index in [1.54, 1.807) is 7.11 Å². The predicted octanol–water partition coefficient (Wildman–Crippen LogP) is 1.76. The van der Waals surface area contributed by atoms with E-state index in [9.17, 15) is 14.9 Å². The number of carbonyl (C=O) groups is 1. The van der Waals surface area contributed by atoms with Crippen LogP contribution in [0.25, 0.3) is 0 Å². The zero-order chi connectivity index (χ0) is 14.4. The quantitative estimate of drug-likeness (QED) is 0.467. The molecule has 0 aliphatic heterocycles. The largest absolute Gasteiger partial charge is 0.492 e. The highest BCUT2D eigenvalue weighted by atomic mass is 35.5. The Morgan fingerprint density at radius 1 is 1.47 bits per heavy atom. The Labute approximate surface area is 114 Å². The summed E-state index contributed by atoms with van der Waals surface area (Å²) in [5, 5.41) is 10.7. The maximum Gasteiger partial charge on any atom is 0.292 e. The number of hydrogen-bond donors (Lipinski definition) is 1. The first-order valence-electron chi connectivity index (χ1n) is 5.36. The number of halogens is 1. The lowest BCUT2D eigenvalue weighted by atomic mass is 10.2. The van der Waals surface area contributed by atoms with Crippen LogP contribution in [0, 0.1) is 10.1 Å². The standard InChI is InChI=1S/C11H13ClN2O5/c1-18-3-2-4-19-9-6-7(11(13)15)5-8(10(9)12)14(16)17/h5-6H,2-4H2,1H3,(H2,13,15). The summed E-state index contributed by atoms with van der Waals surface area (Å²) < 4.78 is 10.1. The molecule has 0 unspecified atom stereocenters. The Kier molecular flexibility index (Phi) is 5.53. The van der Waals surface area contributed by atoms with Crippen LogP contribution in [0.3, 0.4) is 0 Å². The fraction of sp³-hybridized carbons (Fsp3) is 0.364. The SMILES string of the molecule is COCCCOc1cc(C(N)=O)cc([N+](=O)[O-])c1Cl. The number of benzene rings is 1. The number of nitro benzene ring substituents is 1. The average molecular weight is 289 g/mol. The van der Waals surface area contributed by atoms with Crippen molar-refractivity contribution in [3.63, 3.8) is 0 Å². The fourth-order valence-electron chi connectivity index (χ4n) is 1.35. The Hall–Kier alpha value is -1.86. The second-order valence-corrected chi connectivity index (χ2v) is 4.00. The summed E-state index contributed by atoms with van der Waals surface area (Å²) in [7, 11) is 1.55. The smallest absolute Gasteiger partial charge is 0.292 e. The molecule has 19 heavy (non-hydrogen) atoms. The van der Waals surface area contributed by atoms with E-state index in [0.29, 0.717) is 13.0 Å². The molecular weight excluding hydrogens is 276 g/mol. The van der Waals surface area contributed by atoms with Crippen molar-refractivity contribution in [2.24, 2.45) is 5.73 Å². The van der Waals surface area contributed by atoms with Crippen LogP contribution >= 0.6 is 11.6 Å². The Bertz CT molecular complexity index is 492. The lowest BCUT2D eigenvalue weighted by Crippen LogP contribution is -2.12. The fourth-order valence-corrected chi connectivity index (χ4v) is 1.58. The summed E-state index contributed by atoms with van der Waals surface area (Å²) in [6.07, 6.45) is 0.585. The van der Waals surface area contributed by atoms with Gasteiger partial charge in [0, 0.05) is 31.8 Å². The molecule has 0 aliphatic rings. The molecule has 0 fully saturated rings. The monoisotopic (exact) mass is 288 g/mol. The summed E-state index contributed by atoms with van der Waals surface area (Å²) in [6, 6.07) is 2.30. The second kappa shape index (κ2) is 6.91. The summed E-state index contributed by atoms with van der Waals surface area (Å²) in [5.74, 6) is -0.734. The summed E-state index contributed by atoms with van der Waals surface area (Å²) in [5.41, 5.74) is 4.65. The van der Waals surface area contributed by atoms with Gasteiger partial charge in [0.1, 0.15) is 5.75 Å². The van der Waals surface area contributed by atoms with Gasteiger partial charge in [0.05, 0.1) is 11.5 Å². The second-order valence-electron chi connectivity index (χ2n) is 3.62. The first-order valence-corrected chi connectivity index (χ1v) is 5.74. The number of nitrogens with zero attached hydrogens (tertiary/aromatic N) is 1. The maximum absolute atomic E-state index is 11.1. The van der Waals surface area contributed by atoms with Crippen LogP contribution in [0.5, 0.6) is 5.75 Å². The van der Waals surface area contributed by atoms with Crippen molar-refractivity contribution in [1.29, 1.82) is 0 Å². The van der Waals surface area contributed by atoms with E-state index in [1.165, 1.54) is 6.07 Å². The van der Waals surface area contributed by atoms with E-state index >= 15 is 0 Å². The summed E-state index contributed by atoms with van der Waals surface area (Å²) in [4.78, 5) is 21.2. The highest BCUT2D eigenvalue weighted by Gasteiger charge is 2.20. The van der Waals surface area contributed by atoms with Gasteiger partial charge >= 0.3 is 0 Å². The summed E-state index contributed by atoms with van der Waals surface area (Å²) >= 11 is 5.84. The molecule has 0 aliphatic carbocycles. The number of nitro groups is 1. The van der Waals surface area contributed by atoms with Gasteiger partial charge in [-0.1, -0.05) is 11.6 Å². The van der Waals surface area contributed by atoms with Gasteiger partial charge in [-0.2, -0.15) is 0 Å².